The summed E-state index contributed by atoms with van der Waals surface area (Å²) in [6, 6.07) is 1.81. The molecule has 0 fully saturated rings. The zero-order valence-corrected chi connectivity index (χ0v) is 11.8. The Bertz CT molecular complexity index is 608. The van der Waals surface area contributed by atoms with Crippen LogP contribution in [0.25, 0.3) is 0 Å². The summed E-state index contributed by atoms with van der Waals surface area (Å²) >= 11 is 2.95. The lowest BCUT2D eigenvalue weighted by molar-refractivity contribution is -0.125. The van der Waals surface area contributed by atoms with E-state index in [4.69, 9.17) is 16.6 Å². The molecule has 0 spiro atoms. The number of aliphatic hydroxyl groups excluding tert-OH is 1. The van der Waals surface area contributed by atoms with Crippen LogP contribution in [0.5, 0.6) is 0 Å². The number of hydrogen-bond acceptors (Lipinski definition) is 5. The lowest BCUT2D eigenvalue weighted by Gasteiger charge is -2.11. The van der Waals surface area contributed by atoms with Crippen molar-refractivity contribution >= 4 is 37.5 Å². The summed E-state index contributed by atoms with van der Waals surface area (Å²) < 4.78 is 39.1. The number of aliphatic hydroxyl groups is 1. The molecule has 19 heavy (non-hydrogen) atoms. The molecule has 1 unspecified atom stereocenters. The minimum absolute atomic E-state index is 0.0252. The molecule has 6 N–H and O–H groups in total. The number of nitrogens with one attached hydrogen (secondary N) is 1. The van der Waals surface area contributed by atoms with Crippen molar-refractivity contribution in [3.63, 3.8) is 0 Å². The molecule has 106 valence electrons. The molecule has 1 aromatic rings. The van der Waals surface area contributed by atoms with Crippen LogP contribution in [0.1, 0.15) is 0 Å². The molecule has 1 aromatic carbocycles. The van der Waals surface area contributed by atoms with Gasteiger partial charge in [0, 0.05) is 16.7 Å². The summed E-state index contributed by atoms with van der Waals surface area (Å²) in [5.41, 5.74) is 10.2. The number of benzene rings is 1. The number of carbonyl (C=O) groups is 1. The van der Waals surface area contributed by atoms with Crippen molar-refractivity contribution in [2.45, 2.75) is 11.0 Å². The lowest BCUT2D eigenvalue weighted by atomic mass is 10.3. The van der Waals surface area contributed by atoms with Gasteiger partial charge in [0.2, 0.25) is 15.9 Å². The first-order valence-electron chi connectivity index (χ1n) is 4.86. The second-order valence-corrected chi connectivity index (χ2v) is 6.16. The van der Waals surface area contributed by atoms with Gasteiger partial charge in [-0.3, -0.25) is 4.79 Å². The monoisotopic (exact) mass is 355 g/mol. The third kappa shape index (κ3) is 3.86. The Balaban J connectivity index is 3.01. The predicted molar refractivity (Wildman–Crippen MR) is 68.9 cm³/mol. The van der Waals surface area contributed by atoms with Crippen LogP contribution >= 0.6 is 15.9 Å². The van der Waals surface area contributed by atoms with E-state index in [1.807, 2.05) is 4.72 Å². The van der Waals surface area contributed by atoms with Gasteiger partial charge in [0.1, 0.15) is 16.8 Å². The number of nitrogen functional groups attached to an aromatic ring is 1. The highest BCUT2D eigenvalue weighted by Crippen LogP contribution is 2.25. The Morgan fingerprint density at radius 1 is 1.53 bits per heavy atom. The maximum absolute atomic E-state index is 13.6. The number of amides is 1. The molecule has 1 atom stereocenters. The highest BCUT2D eigenvalue weighted by atomic mass is 79.9. The fourth-order valence-electron chi connectivity index (χ4n) is 1.12. The second-order valence-electron chi connectivity index (χ2n) is 3.57. The molecule has 10 heteroatoms. The molecule has 0 bridgehead atoms. The fourth-order valence-corrected chi connectivity index (χ4v) is 2.56. The van der Waals surface area contributed by atoms with Crippen molar-refractivity contribution in [3.05, 3.63) is 22.4 Å². The van der Waals surface area contributed by atoms with Crippen LogP contribution in [0.2, 0.25) is 0 Å². The first-order valence-corrected chi connectivity index (χ1v) is 7.14. The molecule has 0 aromatic heterocycles. The first kappa shape index (κ1) is 15.8. The second kappa shape index (κ2) is 5.82. The van der Waals surface area contributed by atoms with Crippen LogP contribution in [0.15, 0.2) is 21.5 Å². The molecule has 1 rings (SSSR count). The molecule has 0 heterocycles. The van der Waals surface area contributed by atoms with E-state index >= 15 is 0 Å². The number of carbonyl (C=O) groups excluding carboxylic acids is 1. The first-order chi connectivity index (χ1) is 8.65. The van der Waals surface area contributed by atoms with Gasteiger partial charge in [-0.25, -0.2) is 17.5 Å². The van der Waals surface area contributed by atoms with Gasteiger partial charge in [0.25, 0.3) is 0 Å². The summed E-state index contributed by atoms with van der Waals surface area (Å²) in [5, 5.41) is 9.08. The van der Waals surface area contributed by atoms with Crippen molar-refractivity contribution in [2.75, 3.05) is 12.3 Å². The van der Waals surface area contributed by atoms with Crippen molar-refractivity contribution in [1.29, 1.82) is 0 Å². The Morgan fingerprint density at radius 3 is 2.63 bits per heavy atom. The Kier molecular flexibility index (Phi) is 4.85. The van der Waals surface area contributed by atoms with Gasteiger partial charge in [0.15, 0.2) is 0 Å². The summed E-state index contributed by atoms with van der Waals surface area (Å²) in [4.78, 5) is 9.87. The number of sulfonamides is 1. The average molecular weight is 356 g/mol. The average Bonchev–Trinajstić information content (AvgIpc) is 2.30. The predicted octanol–water partition coefficient (Wildman–Crippen LogP) is -0.705. The summed E-state index contributed by atoms with van der Waals surface area (Å²) in [5.74, 6) is -2.12. The minimum atomic E-state index is -4.25. The van der Waals surface area contributed by atoms with Gasteiger partial charge < -0.3 is 16.6 Å². The van der Waals surface area contributed by atoms with Crippen molar-refractivity contribution in [2.24, 2.45) is 5.73 Å². The van der Waals surface area contributed by atoms with Crippen molar-refractivity contribution in [1.82, 2.24) is 4.72 Å². The van der Waals surface area contributed by atoms with E-state index in [-0.39, 0.29) is 10.2 Å². The summed E-state index contributed by atoms with van der Waals surface area (Å²) in [6.07, 6.45) is -1.70. The van der Waals surface area contributed by atoms with E-state index in [9.17, 15) is 17.6 Å². The van der Waals surface area contributed by atoms with E-state index in [2.05, 4.69) is 15.9 Å². The smallest absolute Gasteiger partial charge is 0.247 e. The molecule has 0 aliphatic carbocycles. The molecule has 0 saturated carbocycles. The molecule has 1 amide bonds. The third-order valence-electron chi connectivity index (χ3n) is 2.14. The van der Waals surface area contributed by atoms with Crippen LogP contribution in [0.4, 0.5) is 10.1 Å². The summed E-state index contributed by atoms with van der Waals surface area (Å²) in [7, 11) is -4.25. The topological polar surface area (TPSA) is 136 Å². The van der Waals surface area contributed by atoms with E-state index in [1.54, 1.807) is 0 Å². The van der Waals surface area contributed by atoms with Gasteiger partial charge in [-0.1, -0.05) is 0 Å². The van der Waals surface area contributed by atoms with Gasteiger partial charge in [-0.2, -0.15) is 0 Å². The maximum Gasteiger partial charge on any atom is 0.247 e. The fraction of sp³-hybridized carbons (Fsp3) is 0.222. The number of primary amides is 1. The SMILES string of the molecule is NC(=O)C(O)CNS(=O)(=O)c1cc(N)c(Br)cc1F. The highest BCUT2D eigenvalue weighted by molar-refractivity contribution is 9.10. The van der Waals surface area contributed by atoms with Crippen LogP contribution < -0.4 is 16.2 Å². The van der Waals surface area contributed by atoms with Gasteiger partial charge >= 0.3 is 0 Å². The van der Waals surface area contributed by atoms with Crippen LogP contribution in [-0.2, 0) is 14.8 Å². The Hall–Kier alpha value is -1.23. The van der Waals surface area contributed by atoms with Gasteiger partial charge in [-0.05, 0) is 28.1 Å². The quantitative estimate of drug-likeness (QED) is 0.517. The molecule has 0 aliphatic rings. The number of anilines is 1. The lowest BCUT2D eigenvalue weighted by Crippen LogP contribution is -2.40. The number of nitrogens with two attached hydrogens (primary N) is 2. The van der Waals surface area contributed by atoms with Crippen LogP contribution in [-0.4, -0.2) is 32.1 Å². The molecular formula is C9H11BrFN3O4S. The normalized spacial score (nSPS) is 13.2. The van der Waals surface area contributed by atoms with Crippen molar-refractivity contribution < 1.29 is 22.7 Å². The minimum Gasteiger partial charge on any atom is -0.398 e. The number of halogens is 2. The van der Waals surface area contributed by atoms with E-state index in [0.29, 0.717) is 0 Å². The molecular weight excluding hydrogens is 345 g/mol. The van der Waals surface area contributed by atoms with Gasteiger partial charge in [0.05, 0.1) is 0 Å². The summed E-state index contributed by atoms with van der Waals surface area (Å²) in [6.45, 7) is -0.660. The number of rotatable bonds is 5. The van der Waals surface area contributed by atoms with E-state index in [1.165, 1.54) is 0 Å². The zero-order valence-electron chi connectivity index (χ0n) is 9.43. The van der Waals surface area contributed by atoms with Crippen molar-refractivity contribution in [3.8, 4) is 0 Å². The molecule has 0 radical (unpaired) electrons. The van der Waals surface area contributed by atoms with Crippen LogP contribution in [0, 0.1) is 5.82 Å². The third-order valence-corrected chi connectivity index (χ3v) is 4.26. The zero-order chi connectivity index (χ0) is 14.8. The standard InChI is InChI=1S/C9H11BrFN3O4S/c10-4-1-5(11)8(2-6(4)12)19(17,18)14-3-7(15)9(13)16/h1-2,7,14-15H,3,12H2,(H2,13,16). The van der Waals surface area contributed by atoms with Gasteiger partial charge in [-0.15, -0.1) is 0 Å². The molecule has 0 saturated heterocycles. The van der Waals surface area contributed by atoms with E-state index in [0.717, 1.165) is 12.1 Å². The Morgan fingerprint density at radius 2 is 2.11 bits per heavy atom. The molecule has 7 nitrogen and oxygen atoms in total. The van der Waals surface area contributed by atoms with Crippen LogP contribution in [0.3, 0.4) is 0 Å². The largest absolute Gasteiger partial charge is 0.398 e. The molecule has 0 aliphatic heterocycles. The Labute approximate surface area is 117 Å². The van der Waals surface area contributed by atoms with E-state index < -0.39 is 39.3 Å². The number of hydrogen-bond donors (Lipinski definition) is 4. The highest BCUT2D eigenvalue weighted by Gasteiger charge is 2.22. The maximum atomic E-state index is 13.6.